The molecule has 2 aromatic rings. The summed E-state index contributed by atoms with van der Waals surface area (Å²) in [6.07, 6.45) is 2.99. The quantitative estimate of drug-likeness (QED) is 0.402. The third-order valence-corrected chi connectivity index (χ3v) is 4.99. The number of nitrogens with one attached hydrogen (secondary N) is 2. The zero-order chi connectivity index (χ0) is 15.1. The van der Waals surface area contributed by atoms with Gasteiger partial charge < -0.3 is 10.6 Å². The molecule has 2 heterocycles. The summed E-state index contributed by atoms with van der Waals surface area (Å²) < 4.78 is 0. The molecule has 0 saturated heterocycles. The first kappa shape index (κ1) is 19.3. The first-order valence-corrected chi connectivity index (χ1v) is 8.77. The van der Waals surface area contributed by atoms with E-state index in [0.717, 1.165) is 29.6 Å². The highest BCUT2D eigenvalue weighted by atomic mass is 127. The third-order valence-electron chi connectivity index (χ3n) is 2.93. The molecule has 8 heteroatoms. The minimum atomic E-state index is 0. The van der Waals surface area contributed by atoms with Crippen molar-refractivity contribution in [2.45, 2.75) is 40.3 Å². The van der Waals surface area contributed by atoms with E-state index in [2.05, 4.69) is 39.4 Å². The molecule has 122 valence electrons. The molecule has 0 fully saturated rings. The van der Waals surface area contributed by atoms with Gasteiger partial charge in [-0.1, -0.05) is 6.92 Å². The Morgan fingerprint density at radius 3 is 2.68 bits per heavy atom. The Kier molecular flexibility index (Phi) is 8.88. The molecular formula is C14H22IN5S2. The van der Waals surface area contributed by atoms with Gasteiger partial charge in [0.05, 0.1) is 24.3 Å². The fourth-order valence-corrected chi connectivity index (χ4v) is 3.23. The maximum Gasteiger partial charge on any atom is 0.191 e. The molecular weight excluding hydrogens is 429 g/mol. The van der Waals surface area contributed by atoms with Gasteiger partial charge in [-0.15, -0.1) is 46.7 Å². The van der Waals surface area contributed by atoms with Crippen molar-refractivity contribution in [3.63, 3.8) is 0 Å². The van der Waals surface area contributed by atoms with Crippen LogP contribution in [0, 0.1) is 6.92 Å². The largest absolute Gasteiger partial charge is 0.357 e. The Labute approximate surface area is 156 Å². The van der Waals surface area contributed by atoms with E-state index < -0.39 is 0 Å². The fraction of sp³-hybridized carbons (Fsp3) is 0.500. The summed E-state index contributed by atoms with van der Waals surface area (Å²) in [5.41, 5.74) is 2.93. The van der Waals surface area contributed by atoms with E-state index in [-0.39, 0.29) is 24.0 Å². The van der Waals surface area contributed by atoms with Crippen molar-refractivity contribution in [2.24, 2.45) is 4.99 Å². The second-order valence-corrected chi connectivity index (χ2v) is 6.62. The third kappa shape index (κ3) is 5.81. The van der Waals surface area contributed by atoms with Crippen molar-refractivity contribution in [3.05, 3.63) is 32.2 Å². The molecule has 5 nitrogen and oxygen atoms in total. The van der Waals surface area contributed by atoms with Gasteiger partial charge in [0, 0.05) is 22.5 Å². The molecule has 0 saturated carbocycles. The second kappa shape index (κ2) is 10.1. The Morgan fingerprint density at radius 1 is 1.27 bits per heavy atom. The highest BCUT2D eigenvalue weighted by molar-refractivity contribution is 14.0. The molecule has 0 spiro atoms. The van der Waals surface area contributed by atoms with E-state index in [1.807, 2.05) is 18.6 Å². The second-order valence-electron chi connectivity index (χ2n) is 4.48. The van der Waals surface area contributed by atoms with E-state index in [9.17, 15) is 0 Å². The topological polar surface area (TPSA) is 62.2 Å². The lowest BCUT2D eigenvalue weighted by Crippen LogP contribution is -2.36. The van der Waals surface area contributed by atoms with E-state index in [4.69, 9.17) is 0 Å². The van der Waals surface area contributed by atoms with Crippen molar-refractivity contribution in [2.75, 3.05) is 6.54 Å². The Bertz CT molecular complexity index is 594. The Balaban J connectivity index is 0.00000242. The van der Waals surface area contributed by atoms with Crippen molar-refractivity contribution in [1.82, 2.24) is 20.6 Å². The first-order chi connectivity index (χ1) is 10.2. The van der Waals surface area contributed by atoms with Gasteiger partial charge >= 0.3 is 0 Å². The highest BCUT2D eigenvalue weighted by Gasteiger charge is 2.04. The lowest BCUT2D eigenvalue weighted by Gasteiger charge is -2.09. The number of aliphatic imine (C=N–C) groups is 1. The monoisotopic (exact) mass is 451 g/mol. The summed E-state index contributed by atoms with van der Waals surface area (Å²) in [4.78, 5) is 15.8. The first-order valence-electron chi connectivity index (χ1n) is 7.07. The van der Waals surface area contributed by atoms with E-state index in [1.54, 1.807) is 22.7 Å². The average Bonchev–Trinajstić information content (AvgIpc) is 3.11. The minimum Gasteiger partial charge on any atom is -0.357 e. The molecule has 2 aromatic heterocycles. The number of aromatic nitrogens is 2. The molecule has 0 aliphatic carbocycles. The zero-order valence-corrected chi connectivity index (χ0v) is 17.0. The van der Waals surface area contributed by atoms with Gasteiger partial charge in [0.1, 0.15) is 5.01 Å². The predicted octanol–water partition coefficient (Wildman–Crippen LogP) is 3.34. The molecule has 22 heavy (non-hydrogen) atoms. The number of hydrogen-bond acceptors (Lipinski definition) is 5. The van der Waals surface area contributed by atoms with Crippen LogP contribution in [-0.2, 0) is 19.5 Å². The van der Waals surface area contributed by atoms with Crippen molar-refractivity contribution in [3.8, 4) is 0 Å². The maximum atomic E-state index is 4.60. The Hall–Kier alpha value is -0.740. The molecule has 2 rings (SSSR count). The molecule has 0 aliphatic rings. The number of hydrogen-bond donors (Lipinski definition) is 2. The van der Waals surface area contributed by atoms with Gasteiger partial charge in [0.2, 0.25) is 0 Å². The lowest BCUT2D eigenvalue weighted by molar-refractivity contribution is 0.812. The normalized spacial score (nSPS) is 11.1. The van der Waals surface area contributed by atoms with Crippen LogP contribution in [0.4, 0.5) is 0 Å². The van der Waals surface area contributed by atoms with Gasteiger partial charge in [0.25, 0.3) is 0 Å². The van der Waals surface area contributed by atoms with Crippen LogP contribution < -0.4 is 10.6 Å². The SMILES string of the molecule is CCNC(=NCc1scnc1C)NCc1ncc(CC)s1.I. The van der Waals surface area contributed by atoms with E-state index >= 15 is 0 Å². The summed E-state index contributed by atoms with van der Waals surface area (Å²) in [6.45, 7) is 8.43. The standard InChI is InChI=1S/C14H21N5S2.HI/c1-4-11-6-16-13(21-11)8-18-14(15-5-2)17-7-12-10(3)19-9-20-12;/h6,9H,4-5,7-8H2,1-3H3,(H2,15,17,18);1H. The van der Waals surface area contributed by atoms with Crippen LogP contribution in [0.2, 0.25) is 0 Å². The van der Waals surface area contributed by atoms with Crippen LogP contribution in [0.15, 0.2) is 16.7 Å². The number of nitrogens with zero attached hydrogens (tertiary/aromatic N) is 3. The van der Waals surface area contributed by atoms with Gasteiger partial charge in [-0.2, -0.15) is 0 Å². The number of aryl methyl sites for hydroxylation is 2. The fourth-order valence-electron chi connectivity index (χ4n) is 1.72. The number of thiazole rings is 2. The van der Waals surface area contributed by atoms with Gasteiger partial charge in [-0.05, 0) is 20.3 Å². The molecule has 0 aromatic carbocycles. The summed E-state index contributed by atoms with van der Waals surface area (Å²) in [5, 5.41) is 7.67. The van der Waals surface area contributed by atoms with Gasteiger partial charge in [-0.3, -0.25) is 0 Å². The number of rotatable bonds is 6. The van der Waals surface area contributed by atoms with E-state index in [1.165, 1.54) is 9.75 Å². The summed E-state index contributed by atoms with van der Waals surface area (Å²) in [5.74, 6) is 0.818. The molecule has 0 aliphatic heterocycles. The van der Waals surface area contributed by atoms with Crippen LogP contribution in [0.3, 0.4) is 0 Å². The van der Waals surface area contributed by atoms with Crippen molar-refractivity contribution >= 4 is 52.6 Å². The Morgan fingerprint density at radius 2 is 2.09 bits per heavy atom. The van der Waals surface area contributed by atoms with Crippen molar-refractivity contribution < 1.29 is 0 Å². The molecule has 2 N–H and O–H groups in total. The van der Waals surface area contributed by atoms with Gasteiger partial charge in [0.15, 0.2) is 5.96 Å². The smallest absolute Gasteiger partial charge is 0.191 e. The molecule has 0 amide bonds. The number of guanidine groups is 1. The van der Waals surface area contributed by atoms with E-state index in [0.29, 0.717) is 13.1 Å². The van der Waals surface area contributed by atoms with Crippen LogP contribution in [0.25, 0.3) is 0 Å². The predicted molar refractivity (Wildman–Crippen MR) is 105 cm³/mol. The average molecular weight is 451 g/mol. The van der Waals surface area contributed by atoms with Crippen LogP contribution >= 0.6 is 46.7 Å². The molecule has 0 bridgehead atoms. The van der Waals surface area contributed by atoms with Crippen molar-refractivity contribution in [1.29, 1.82) is 0 Å². The van der Waals surface area contributed by atoms with Crippen LogP contribution in [-0.4, -0.2) is 22.5 Å². The molecule has 0 atom stereocenters. The summed E-state index contributed by atoms with van der Waals surface area (Å²) >= 11 is 3.39. The van der Waals surface area contributed by atoms with Gasteiger partial charge in [-0.25, -0.2) is 15.0 Å². The van der Waals surface area contributed by atoms with Crippen LogP contribution in [0.1, 0.15) is 34.3 Å². The summed E-state index contributed by atoms with van der Waals surface area (Å²) in [6, 6.07) is 0. The zero-order valence-electron chi connectivity index (χ0n) is 13.0. The van der Waals surface area contributed by atoms with Crippen LogP contribution in [0.5, 0.6) is 0 Å². The maximum absolute atomic E-state index is 4.60. The number of halogens is 1. The molecule has 0 radical (unpaired) electrons. The lowest BCUT2D eigenvalue weighted by atomic mass is 10.4. The summed E-state index contributed by atoms with van der Waals surface area (Å²) in [7, 11) is 0. The molecule has 0 unspecified atom stereocenters. The minimum absolute atomic E-state index is 0. The highest BCUT2D eigenvalue weighted by Crippen LogP contribution is 2.14.